The third-order valence-corrected chi connectivity index (χ3v) is 3.96. The van der Waals surface area contributed by atoms with Crippen molar-refractivity contribution >= 4 is 43.1 Å². The van der Waals surface area contributed by atoms with E-state index in [9.17, 15) is 4.79 Å². The number of likely N-dealkylation sites (N-methyl/N-ethyl adjacent to an activating group) is 1. The van der Waals surface area contributed by atoms with E-state index in [0.717, 1.165) is 38.3 Å². The normalized spacial score (nSPS) is 16.1. The Morgan fingerprint density at radius 1 is 1.12 bits per heavy atom. The Morgan fingerprint density at radius 2 is 1.71 bits per heavy atom. The van der Waals surface area contributed by atoms with Gasteiger partial charge in [0.1, 0.15) is 0 Å². The second kappa shape index (κ2) is 13.7. The molecule has 0 aromatic heterocycles. The number of halogens is 3. The number of hydrogen-bond donors (Lipinski definition) is 2. The van der Waals surface area contributed by atoms with Gasteiger partial charge in [0.15, 0.2) is 0 Å². The van der Waals surface area contributed by atoms with E-state index < -0.39 is 6.04 Å². The molecule has 140 valence electrons. The molecule has 1 aromatic carbocycles. The summed E-state index contributed by atoms with van der Waals surface area (Å²) in [6.07, 6.45) is 0.585. The van der Waals surface area contributed by atoms with Crippen molar-refractivity contribution in [3.8, 4) is 0 Å². The number of nitrogens with two attached hydrogens (primary N) is 1. The van der Waals surface area contributed by atoms with Gasteiger partial charge in [-0.2, -0.15) is 0 Å². The Kier molecular flexibility index (Phi) is 14.7. The van der Waals surface area contributed by atoms with Crippen molar-refractivity contribution in [2.75, 3.05) is 46.3 Å². The van der Waals surface area contributed by atoms with Crippen LogP contribution in [-0.2, 0) is 11.2 Å². The van der Waals surface area contributed by atoms with E-state index >= 15 is 0 Å². The Bertz CT molecular complexity index is 442. The summed E-state index contributed by atoms with van der Waals surface area (Å²) in [6.45, 7) is 5.91. The van der Waals surface area contributed by atoms with Gasteiger partial charge in [0.05, 0.1) is 6.04 Å². The lowest BCUT2D eigenvalue weighted by atomic mass is 10.1. The van der Waals surface area contributed by atoms with Crippen LogP contribution in [0.3, 0.4) is 0 Å². The first-order chi connectivity index (χ1) is 10.1. The number of nitrogens with zero attached hydrogens (tertiary/aromatic N) is 2. The minimum absolute atomic E-state index is 0. The fourth-order valence-corrected chi connectivity index (χ4v) is 2.50. The Labute approximate surface area is 163 Å². The van der Waals surface area contributed by atoms with Crippen LogP contribution in [0.4, 0.5) is 0 Å². The van der Waals surface area contributed by atoms with Crippen molar-refractivity contribution in [2.45, 2.75) is 12.5 Å². The number of piperazine rings is 1. The summed E-state index contributed by atoms with van der Waals surface area (Å²) in [5.74, 6) is -0.0621. The van der Waals surface area contributed by atoms with Crippen LogP contribution in [0.15, 0.2) is 30.3 Å². The minimum atomic E-state index is -0.472. The van der Waals surface area contributed by atoms with E-state index in [1.54, 1.807) is 0 Å². The second-order valence-corrected chi connectivity index (χ2v) is 5.73. The summed E-state index contributed by atoms with van der Waals surface area (Å²) < 4.78 is 0. The number of amides is 1. The van der Waals surface area contributed by atoms with Gasteiger partial charge in [-0.1, -0.05) is 30.3 Å². The maximum atomic E-state index is 12.0. The summed E-state index contributed by atoms with van der Waals surface area (Å²) in [5.41, 5.74) is 7.05. The molecule has 0 aliphatic carbocycles. The molecule has 3 N–H and O–H groups in total. The van der Waals surface area contributed by atoms with Crippen LogP contribution in [0, 0.1) is 0 Å². The lowest BCUT2D eigenvalue weighted by Crippen LogP contribution is -2.48. The van der Waals surface area contributed by atoms with Crippen LogP contribution < -0.4 is 11.1 Å². The summed E-state index contributed by atoms with van der Waals surface area (Å²) in [7, 11) is 2.14. The zero-order valence-electron chi connectivity index (χ0n) is 14.0. The highest BCUT2D eigenvalue weighted by molar-refractivity contribution is 5.86. The van der Waals surface area contributed by atoms with Crippen LogP contribution in [0.1, 0.15) is 5.56 Å². The standard InChI is InChI=1S/C16H26N4O.3ClH/c1-19-9-11-20(12-10-19)8-7-18-16(21)15(17)13-14-5-3-2-4-6-14;;;/h2-6,15H,7-13,17H2,1H3,(H,18,21);3*1H. The summed E-state index contributed by atoms with van der Waals surface area (Å²) in [4.78, 5) is 16.7. The smallest absolute Gasteiger partial charge is 0.237 e. The third kappa shape index (κ3) is 9.06. The molecule has 2 rings (SSSR count). The maximum Gasteiger partial charge on any atom is 0.237 e. The molecule has 0 bridgehead atoms. The summed E-state index contributed by atoms with van der Waals surface area (Å²) in [5, 5.41) is 2.94. The number of nitrogens with one attached hydrogen (secondary N) is 1. The molecule has 24 heavy (non-hydrogen) atoms. The van der Waals surface area contributed by atoms with Crippen LogP contribution in [0.5, 0.6) is 0 Å². The second-order valence-electron chi connectivity index (χ2n) is 5.73. The molecule has 1 amide bonds. The van der Waals surface area contributed by atoms with Crippen molar-refractivity contribution in [3.05, 3.63) is 35.9 Å². The van der Waals surface area contributed by atoms with E-state index in [1.165, 1.54) is 0 Å². The Hall–Kier alpha value is -0.560. The van der Waals surface area contributed by atoms with Crippen LogP contribution in [-0.4, -0.2) is 68.1 Å². The van der Waals surface area contributed by atoms with E-state index in [4.69, 9.17) is 5.73 Å². The number of hydrogen-bond acceptors (Lipinski definition) is 4. The van der Waals surface area contributed by atoms with Gasteiger partial charge in [-0.3, -0.25) is 9.69 Å². The largest absolute Gasteiger partial charge is 0.353 e. The van der Waals surface area contributed by atoms with E-state index in [0.29, 0.717) is 13.0 Å². The topological polar surface area (TPSA) is 61.6 Å². The molecular formula is C16H29Cl3N4O. The average Bonchev–Trinajstić information content (AvgIpc) is 2.50. The first kappa shape index (κ1) is 25.7. The Balaban J connectivity index is 0. The monoisotopic (exact) mass is 398 g/mol. The third-order valence-electron chi connectivity index (χ3n) is 3.96. The van der Waals surface area contributed by atoms with E-state index in [-0.39, 0.29) is 43.1 Å². The highest BCUT2D eigenvalue weighted by atomic mass is 35.5. The van der Waals surface area contributed by atoms with Gasteiger partial charge < -0.3 is 16.0 Å². The predicted octanol–water partition coefficient (Wildman–Crippen LogP) is 1.19. The quantitative estimate of drug-likeness (QED) is 0.754. The van der Waals surface area contributed by atoms with Crippen molar-refractivity contribution < 1.29 is 4.79 Å². The molecular weight excluding hydrogens is 371 g/mol. The number of carbonyl (C=O) groups excluding carboxylic acids is 1. The van der Waals surface area contributed by atoms with E-state index in [1.807, 2.05) is 30.3 Å². The fourth-order valence-electron chi connectivity index (χ4n) is 2.50. The molecule has 1 saturated heterocycles. The minimum Gasteiger partial charge on any atom is -0.353 e. The molecule has 1 fully saturated rings. The predicted molar refractivity (Wildman–Crippen MR) is 107 cm³/mol. The first-order valence-corrected chi connectivity index (χ1v) is 7.63. The zero-order chi connectivity index (χ0) is 15.1. The van der Waals surface area contributed by atoms with Gasteiger partial charge in [0.2, 0.25) is 5.91 Å². The van der Waals surface area contributed by atoms with Gasteiger partial charge in [0.25, 0.3) is 0 Å². The molecule has 1 unspecified atom stereocenters. The number of carbonyl (C=O) groups is 1. The van der Waals surface area contributed by atoms with Crippen LogP contribution >= 0.6 is 37.2 Å². The molecule has 1 aliphatic rings. The molecule has 0 saturated carbocycles. The highest BCUT2D eigenvalue weighted by Gasteiger charge is 2.16. The van der Waals surface area contributed by atoms with Gasteiger partial charge in [0, 0.05) is 39.3 Å². The molecule has 0 spiro atoms. The fraction of sp³-hybridized carbons (Fsp3) is 0.562. The van der Waals surface area contributed by atoms with Gasteiger partial charge >= 0.3 is 0 Å². The van der Waals surface area contributed by atoms with E-state index in [2.05, 4.69) is 22.2 Å². The van der Waals surface area contributed by atoms with Crippen molar-refractivity contribution in [1.29, 1.82) is 0 Å². The number of rotatable bonds is 6. The van der Waals surface area contributed by atoms with Gasteiger partial charge in [-0.15, -0.1) is 37.2 Å². The summed E-state index contributed by atoms with van der Waals surface area (Å²) in [6, 6.07) is 9.42. The molecule has 8 heteroatoms. The molecule has 1 heterocycles. The molecule has 0 radical (unpaired) electrons. The molecule has 1 aliphatic heterocycles. The SMILES string of the molecule is CN1CCN(CCNC(=O)C(N)Cc2ccccc2)CC1.Cl.Cl.Cl. The zero-order valence-corrected chi connectivity index (χ0v) is 16.5. The van der Waals surface area contributed by atoms with Crippen LogP contribution in [0.25, 0.3) is 0 Å². The molecule has 1 atom stereocenters. The van der Waals surface area contributed by atoms with Crippen molar-refractivity contribution in [1.82, 2.24) is 15.1 Å². The molecule has 1 aromatic rings. The number of benzene rings is 1. The van der Waals surface area contributed by atoms with Crippen molar-refractivity contribution in [2.24, 2.45) is 5.73 Å². The lowest BCUT2D eigenvalue weighted by Gasteiger charge is -2.32. The maximum absolute atomic E-state index is 12.0. The summed E-state index contributed by atoms with van der Waals surface area (Å²) >= 11 is 0. The van der Waals surface area contributed by atoms with Crippen molar-refractivity contribution in [3.63, 3.8) is 0 Å². The lowest BCUT2D eigenvalue weighted by molar-refractivity contribution is -0.122. The highest BCUT2D eigenvalue weighted by Crippen LogP contribution is 2.02. The first-order valence-electron chi connectivity index (χ1n) is 7.63. The molecule has 5 nitrogen and oxygen atoms in total. The van der Waals surface area contributed by atoms with Gasteiger partial charge in [-0.25, -0.2) is 0 Å². The Morgan fingerprint density at radius 3 is 2.29 bits per heavy atom. The van der Waals surface area contributed by atoms with Crippen LogP contribution in [0.2, 0.25) is 0 Å². The average molecular weight is 400 g/mol. The van der Waals surface area contributed by atoms with Gasteiger partial charge in [-0.05, 0) is 19.0 Å².